The summed E-state index contributed by atoms with van der Waals surface area (Å²) >= 11 is -2.39. The zero-order valence-corrected chi connectivity index (χ0v) is 12.0. The predicted molar refractivity (Wildman–Crippen MR) is 59.1 cm³/mol. The molecule has 0 rings (SSSR count). The van der Waals surface area contributed by atoms with E-state index < -0.39 is 13.9 Å². The average molecular weight is 249 g/mol. The molecule has 0 spiro atoms. The molecule has 80 valence electrons. The van der Waals surface area contributed by atoms with Gasteiger partial charge in [-0.15, -0.1) is 0 Å². The van der Waals surface area contributed by atoms with E-state index in [1.165, 1.54) is 0 Å². The quantitative estimate of drug-likeness (QED) is 0.673. The molecule has 0 amide bonds. The van der Waals surface area contributed by atoms with E-state index in [4.69, 9.17) is 7.53 Å². The van der Waals surface area contributed by atoms with Crippen molar-refractivity contribution in [2.45, 2.75) is 38.2 Å². The number of hydrogen-bond acceptors (Lipinski definition) is 2. The molecular weight excluding hydrogens is 225 g/mol. The fourth-order valence-corrected chi connectivity index (χ4v) is 9.06. The second kappa shape index (κ2) is 6.04. The van der Waals surface area contributed by atoms with Crippen LogP contribution in [0.1, 0.15) is 27.7 Å². The van der Waals surface area contributed by atoms with Crippen LogP contribution in [-0.4, -0.2) is 28.2 Å². The van der Waals surface area contributed by atoms with Crippen LogP contribution >= 0.6 is 0 Å². The van der Waals surface area contributed by atoms with Gasteiger partial charge in [-0.1, -0.05) is 0 Å². The van der Waals surface area contributed by atoms with Gasteiger partial charge in [0.25, 0.3) is 0 Å². The van der Waals surface area contributed by atoms with Crippen molar-refractivity contribution in [3.05, 3.63) is 0 Å². The van der Waals surface area contributed by atoms with E-state index in [0.717, 1.165) is 10.5 Å². The first-order valence-electron chi connectivity index (χ1n) is 5.06. The summed E-state index contributed by atoms with van der Waals surface area (Å²) in [4.78, 5) is 0. The summed E-state index contributed by atoms with van der Waals surface area (Å²) in [5.41, 5.74) is 0. The first kappa shape index (κ1) is 13.5. The van der Waals surface area contributed by atoms with Gasteiger partial charge in [-0.05, 0) is 0 Å². The topological polar surface area (TPSA) is 18.5 Å². The van der Waals surface area contributed by atoms with E-state index in [2.05, 4.69) is 27.7 Å². The Morgan fingerprint density at radius 1 is 0.846 bits per heavy atom. The standard InChI is InChI=1S/C10H24GeO2/c1-9(2)7-11(12-5,13-6)8-10(3)4/h9-10H,7-8H2,1-6H3. The van der Waals surface area contributed by atoms with Crippen LogP contribution in [-0.2, 0) is 7.53 Å². The molecule has 0 bridgehead atoms. The zero-order chi connectivity index (χ0) is 10.5. The third-order valence-corrected chi connectivity index (χ3v) is 11.3. The summed E-state index contributed by atoms with van der Waals surface area (Å²) in [6.45, 7) is 8.94. The molecule has 0 unspecified atom stereocenters. The van der Waals surface area contributed by atoms with E-state index in [1.807, 2.05) is 14.2 Å². The fourth-order valence-electron chi connectivity index (χ4n) is 1.74. The third kappa shape index (κ3) is 5.03. The SMILES string of the molecule is C[O][Ge]([CH2]C(C)C)([CH2]C(C)C)[O]C. The van der Waals surface area contributed by atoms with Gasteiger partial charge in [-0.3, -0.25) is 0 Å². The summed E-state index contributed by atoms with van der Waals surface area (Å²) in [5.74, 6) is 1.36. The van der Waals surface area contributed by atoms with Gasteiger partial charge in [0.15, 0.2) is 0 Å². The summed E-state index contributed by atoms with van der Waals surface area (Å²) in [6.07, 6.45) is 0. The second-order valence-electron chi connectivity index (χ2n) is 4.51. The van der Waals surface area contributed by atoms with Crippen molar-refractivity contribution < 1.29 is 7.53 Å². The Morgan fingerprint density at radius 2 is 1.15 bits per heavy atom. The van der Waals surface area contributed by atoms with Gasteiger partial charge in [-0.25, -0.2) is 0 Å². The van der Waals surface area contributed by atoms with Crippen LogP contribution in [0.2, 0.25) is 10.5 Å². The average Bonchev–Trinajstić information content (AvgIpc) is 2.01. The molecule has 0 radical (unpaired) electrons. The first-order valence-corrected chi connectivity index (χ1v) is 9.74. The molecule has 0 aliphatic rings. The van der Waals surface area contributed by atoms with Gasteiger partial charge in [0.1, 0.15) is 0 Å². The van der Waals surface area contributed by atoms with Gasteiger partial charge in [0, 0.05) is 0 Å². The number of rotatable bonds is 6. The summed E-state index contributed by atoms with van der Waals surface area (Å²) in [5, 5.41) is 2.29. The van der Waals surface area contributed by atoms with Crippen molar-refractivity contribution in [3.63, 3.8) is 0 Å². The van der Waals surface area contributed by atoms with Crippen LogP contribution in [0.4, 0.5) is 0 Å². The monoisotopic (exact) mass is 250 g/mol. The van der Waals surface area contributed by atoms with Gasteiger partial charge >= 0.3 is 85.7 Å². The molecule has 0 atom stereocenters. The Bertz CT molecular complexity index is 119. The Morgan fingerprint density at radius 3 is 1.31 bits per heavy atom. The number of hydrogen-bond donors (Lipinski definition) is 0. The Hall–Kier alpha value is 0.463. The van der Waals surface area contributed by atoms with Crippen molar-refractivity contribution in [1.29, 1.82) is 0 Å². The molecule has 0 saturated carbocycles. The van der Waals surface area contributed by atoms with E-state index in [1.54, 1.807) is 0 Å². The molecular formula is C10H24GeO2. The normalized spacial score (nSPS) is 12.9. The van der Waals surface area contributed by atoms with E-state index in [9.17, 15) is 0 Å². The van der Waals surface area contributed by atoms with Crippen molar-refractivity contribution in [2.75, 3.05) is 14.2 Å². The van der Waals surface area contributed by atoms with Crippen LogP contribution in [0.3, 0.4) is 0 Å². The van der Waals surface area contributed by atoms with Crippen molar-refractivity contribution >= 4 is 13.9 Å². The Balaban J connectivity index is 4.30. The van der Waals surface area contributed by atoms with Crippen molar-refractivity contribution in [3.8, 4) is 0 Å². The molecule has 0 aromatic rings. The molecule has 0 N–H and O–H groups in total. The molecule has 2 nitrogen and oxygen atoms in total. The van der Waals surface area contributed by atoms with Gasteiger partial charge in [-0.2, -0.15) is 0 Å². The second-order valence-corrected chi connectivity index (χ2v) is 11.8. The van der Waals surface area contributed by atoms with Crippen LogP contribution in [0, 0.1) is 11.8 Å². The van der Waals surface area contributed by atoms with Crippen molar-refractivity contribution in [2.24, 2.45) is 11.8 Å². The van der Waals surface area contributed by atoms with Crippen LogP contribution in [0.15, 0.2) is 0 Å². The van der Waals surface area contributed by atoms with E-state index >= 15 is 0 Å². The third-order valence-electron chi connectivity index (χ3n) is 2.18. The molecule has 0 aliphatic heterocycles. The molecule has 3 heteroatoms. The van der Waals surface area contributed by atoms with E-state index in [-0.39, 0.29) is 0 Å². The molecule has 0 aromatic carbocycles. The minimum atomic E-state index is -2.39. The first-order chi connectivity index (χ1) is 5.95. The Labute approximate surface area is 86.0 Å². The predicted octanol–water partition coefficient (Wildman–Crippen LogP) is 3.03. The maximum absolute atomic E-state index is 5.67. The molecule has 13 heavy (non-hydrogen) atoms. The Kier molecular flexibility index (Phi) is 6.26. The summed E-state index contributed by atoms with van der Waals surface area (Å²) in [7, 11) is 3.63. The fraction of sp³-hybridized carbons (Fsp3) is 1.00. The molecule has 0 saturated heterocycles. The van der Waals surface area contributed by atoms with Crippen LogP contribution < -0.4 is 0 Å². The maximum atomic E-state index is 5.67. The van der Waals surface area contributed by atoms with Gasteiger partial charge < -0.3 is 0 Å². The van der Waals surface area contributed by atoms with E-state index in [0.29, 0.717) is 11.8 Å². The van der Waals surface area contributed by atoms with Crippen LogP contribution in [0.5, 0.6) is 0 Å². The van der Waals surface area contributed by atoms with Crippen LogP contribution in [0.25, 0.3) is 0 Å². The summed E-state index contributed by atoms with van der Waals surface area (Å²) < 4.78 is 11.3. The molecule has 0 heterocycles. The molecule has 0 fully saturated rings. The molecule has 0 aliphatic carbocycles. The minimum absolute atomic E-state index is 0.679. The van der Waals surface area contributed by atoms with Gasteiger partial charge in [0.2, 0.25) is 0 Å². The zero-order valence-electron chi connectivity index (χ0n) is 9.89. The summed E-state index contributed by atoms with van der Waals surface area (Å²) in [6, 6.07) is 0. The van der Waals surface area contributed by atoms with Gasteiger partial charge in [0.05, 0.1) is 0 Å². The molecule has 0 aromatic heterocycles. The van der Waals surface area contributed by atoms with Crippen molar-refractivity contribution in [1.82, 2.24) is 0 Å².